The summed E-state index contributed by atoms with van der Waals surface area (Å²) in [6.45, 7) is 1.92. The minimum absolute atomic E-state index is 0.00863. The molecule has 1 atom stereocenters. The Labute approximate surface area is 110 Å². The second kappa shape index (κ2) is 6.69. The van der Waals surface area contributed by atoms with Crippen molar-refractivity contribution in [3.05, 3.63) is 33.9 Å². The number of methoxy groups -OCH3 is 1. The lowest BCUT2D eigenvalue weighted by atomic mass is 10.1. The number of anilines is 1. The smallest absolute Gasteiger partial charge is 0.326 e. The van der Waals surface area contributed by atoms with Crippen molar-refractivity contribution in [1.82, 2.24) is 0 Å². The second-order valence-corrected chi connectivity index (χ2v) is 4.08. The van der Waals surface area contributed by atoms with E-state index < -0.39 is 16.9 Å². The molecular weight excluding hydrogens is 252 g/mol. The van der Waals surface area contributed by atoms with Gasteiger partial charge >= 0.3 is 5.97 Å². The molecule has 0 saturated carbocycles. The summed E-state index contributed by atoms with van der Waals surface area (Å²) in [5.41, 5.74) is 1.02. The summed E-state index contributed by atoms with van der Waals surface area (Å²) < 4.78 is 4.84. The average Bonchev–Trinajstić information content (AvgIpc) is 2.33. The van der Waals surface area contributed by atoms with Gasteiger partial charge in [0.15, 0.2) is 0 Å². The van der Waals surface area contributed by atoms with Gasteiger partial charge in [-0.25, -0.2) is 4.79 Å². The molecule has 0 amide bonds. The molecule has 7 heteroatoms. The number of nitro benzene ring substituents is 1. The molecule has 0 fully saturated rings. The van der Waals surface area contributed by atoms with E-state index in [2.05, 4.69) is 5.32 Å². The van der Waals surface area contributed by atoms with E-state index in [0.717, 1.165) is 0 Å². The van der Waals surface area contributed by atoms with Crippen molar-refractivity contribution in [3.8, 4) is 0 Å². The lowest BCUT2D eigenvalue weighted by molar-refractivity contribution is -0.385. The summed E-state index contributed by atoms with van der Waals surface area (Å²) in [5, 5.41) is 22.5. The topological polar surface area (TPSA) is 102 Å². The highest BCUT2D eigenvalue weighted by Gasteiger charge is 2.18. The number of rotatable bonds is 7. The third-order valence-electron chi connectivity index (χ3n) is 2.64. The van der Waals surface area contributed by atoms with E-state index in [9.17, 15) is 14.9 Å². The van der Waals surface area contributed by atoms with Gasteiger partial charge in [0.1, 0.15) is 6.04 Å². The molecule has 0 spiro atoms. The van der Waals surface area contributed by atoms with E-state index in [4.69, 9.17) is 9.84 Å². The van der Waals surface area contributed by atoms with Gasteiger partial charge in [0.2, 0.25) is 0 Å². The van der Waals surface area contributed by atoms with E-state index in [1.54, 1.807) is 13.0 Å². The minimum atomic E-state index is -0.993. The number of hydrogen-bond donors (Lipinski definition) is 2. The standard InChI is InChI=1S/C12H16N2O5/c1-8-7-9(3-4-11(8)14(17)18)13-10(12(15)16)5-6-19-2/h3-4,7,10,13H,5-6H2,1-2H3,(H,15,16). The van der Waals surface area contributed by atoms with Gasteiger partial charge in [-0.1, -0.05) is 0 Å². The number of carbonyl (C=O) groups is 1. The number of ether oxygens (including phenoxy) is 1. The summed E-state index contributed by atoms with van der Waals surface area (Å²) in [6.07, 6.45) is 0.307. The first-order valence-electron chi connectivity index (χ1n) is 5.69. The van der Waals surface area contributed by atoms with Crippen LogP contribution in [0.2, 0.25) is 0 Å². The third kappa shape index (κ3) is 4.22. The van der Waals surface area contributed by atoms with Crippen molar-refractivity contribution in [3.63, 3.8) is 0 Å². The number of nitrogens with zero attached hydrogens (tertiary/aromatic N) is 1. The Kier molecular flexibility index (Phi) is 5.25. The first-order valence-corrected chi connectivity index (χ1v) is 5.69. The zero-order valence-electron chi connectivity index (χ0n) is 10.8. The molecule has 1 aromatic carbocycles. The molecule has 1 unspecified atom stereocenters. The van der Waals surface area contributed by atoms with E-state index >= 15 is 0 Å². The predicted octanol–water partition coefficient (Wildman–Crippen LogP) is 1.80. The second-order valence-electron chi connectivity index (χ2n) is 4.08. The van der Waals surface area contributed by atoms with Gasteiger partial charge in [-0.15, -0.1) is 0 Å². The monoisotopic (exact) mass is 268 g/mol. The minimum Gasteiger partial charge on any atom is -0.480 e. The Balaban J connectivity index is 2.82. The molecule has 104 valence electrons. The molecular formula is C12H16N2O5. The van der Waals surface area contributed by atoms with Crippen molar-refractivity contribution in [2.24, 2.45) is 0 Å². The number of nitrogens with one attached hydrogen (secondary N) is 1. The van der Waals surface area contributed by atoms with Crippen LogP contribution in [0.25, 0.3) is 0 Å². The maximum atomic E-state index is 11.0. The fraction of sp³-hybridized carbons (Fsp3) is 0.417. The van der Waals surface area contributed by atoms with Crippen LogP contribution in [0.3, 0.4) is 0 Å². The van der Waals surface area contributed by atoms with Crippen LogP contribution >= 0.6 is 0 Å². The molecule has 0 heterocycles. The lowest BCUT2D eigenvalue weighted by Crippen LogP contribution is -2.30. The van der Waals surface area contributed by atoms with Gasteiger partial charge in [0.05, 0.1) is 4.92 Å². The Hall–Kier alpha value is -2.15. The van der Waals surface area contributed by atoms with Crippen molar-refractivity contribution < 1.29 is 19.6 Å². The number of hydrogen-bond acceptors (Lipinski definition) is 5. The number of nitro groups is 1. The highest BCUT2D eigenvalue weighted by atomic mass is 16.6. The molecule has 2 N–H and O–H groups in total. The summed E-state index contributed by atoms with van der Waals surface area (Å²) in [5.74, 6) is -0.993. The van der Waals surface area contributed by atoms with E-state index in [1.807, 2.05) is 0 Å². The Morgan fingerprint density at radius 1 is 1.58 bits per heavy atom. The zero-order chi connectivity index (χ0) is 14.4. The van der Waals surface area contributed by atoms with Crippen LogP contribution in [0.4, 0.5) is 11.4 Å². The van der Waals surface area contributed by atoms with Gasteiger partial charge in [0.25, 0.3) is 5.69 Å². The number of benzene rings is 1. The van der Waals surface area contributed by atoms with Crippen molar-refractivity contribution in [2.45, 2.75) is 19.4 Å². The maximum Gasteiger partial charge on any atom is 0.326 e. The first kappa shape index (κ1) is 14.9. The summed E-state index contributed by atoms with van der Waals surface area (Å²) in [7, 11) is 1.49. The molecule has 0 aliphatic carbocycles. The Morgan fingerprint density at radius 2 is 2.26 bits per heavy atom. The van der Waals surface area contributed by atoms with Crippen molar-refractivity contribution in [1.29, 1.82) is 0 Å². The Bertz CT molecular complexity index is 475. The van der Waals surface area contributed by atoms with Crippen LogP contribution in [-0.4, -0.2) is 35.8 Å². The van der Waals surface area contributed by atoms with E-state index in [-0.39, 0.29) is 5.69 Å². The van der Waals surface area contributed by atoms with Crippen LogP contribution in [0.5, 0.6) is 0 Å². The molecule has 1 rings (SSSR count). The largest absolute Gasteiger partial charge is 0.480 e. The van der Waals surface area contributed by atoms with Gasteiger partial charge in [-0.2, -0.15) is 0 Å². The van der Waals surface area contributed by atoms with Gasteiger partial charge < -0.3 is 15.2 Å². The molecule has 0 aromatic heterocycles. The number of carboxylic acid groups (broad SMARTS) is 1. The summed E-state index contributed by atoms with van der Waals surface area (Å²) in [6, 6.07) is 3.61. The number of aliphatic carboxylic acids is 1. The molecule has 1 aromatic rings. The molecule has 0 aliphatic rings. The number of aryl methyl sites for hydroxylation is 1. The average molecular weight is 268 g/mol. The Morgan fingerprint density at radius 3 is 2.74 bits per heavy atom. The normalized spacial score (nSPS) is 11.9. The van der Waals surface area contributed by atoms with E-state index in [0.29, 0.717) is 24.3 Å². The van der Waals surface area contributed by atoms with Crippen LogP contribution in [0.1, 0.15) is 12.0 Å². The van der Waals surface area contributed by atoms with Crippen LogP contribution in [0.15, 0.2) is 18.2 Å². The molecule has 19 heavy (non-hydrogen) atoms. The molecule has 0 bridgehead atoms. The highest BCUT2D eigenvalue weighted by molar-refractivity contribution is 5.77. The first-order chi connectivity index (χ1) is 8.95. The van der Waals surface area contributed by atoms with E-state index in [1.165, 1.54) is 19.2 Å². The predicted molar refractivity (Wildman–Crippen MR) is 69.4 cm³/mol. The molecule has 7 nitrogen and oxygen atoms in total. The van der Waals surface area contributed by atoms with Gasteiger partial charge in [-0.3, -0.25) is 10.1 Å². The highest BCUT2D eigenvalue weighted by Crippen LogP contribution is 2.22. The van der Waals surface area contributed by atoms with Crippen LogP contribution in [0, 0.1) is 17.0 Å². The van der Waals surface area contributed by atoms with Crippen molar-refractivity contribution in [2.75, 3.05) is 19.0 Å². The van der Waals surface area contributed by atoms with Crippen molar-refractivity contribution >= 4 is 17.3 Å². The maximum absolute atomic E-state index is 11.0. The molecule has 0 aliphatic heterocycles. The SMILES string of the molecule is COCCC(Nc1ccc([N+](=O)[O-])c(C)c1)C(=O)O. The summed E-state index contributed by atoms with van der Waals surface area (Å²) in [4.78, 5) is 21.2. The lowest BCUT2D eigenvalue weighted by Gasteiger charge is -2.15. The molecule has 0 saturated heterocycles. The number of carboxylic acids is 1. The van der Waals surface area contributed by atoms with Crippen LogP contribution in [-0.2, 0) is 9.53 Å². The molecule has 0 radical (unpaired) electrons. The zero-order valence-corrected chi connectivity index (χ0v) is 10.8. The third-order valence-corrected chi connectivity index (χ3v) is 2.64. The fourth-order valence-corrected chi connectivity index (χ4v) is 1.64. The van der Waals surface area contributed by atoms with Crippen LogP contribution < -0.4 is 5.32 Å². The van der Waals surface area contributed by atoms with Gasteiger partial charge in [0, 0.05) is 37.5 Å². The summed E-state index contributed by atoms with van der Waals surface area (Å²) >= 11 is 0. The quantitative estimate of drug-likeness (QED) is 0.577. The van der Waals surface area contributed by atoms with Gasteiger partial charge in [-0.05, 0) is 19.1 Å². The fourth-order valence-electron chi connectivity index (χ4n) is 1.64.